The van der Waals surface area contributed by atoms with Gasteiger partial charge in [0.25, 0.3) is 0 Å². The number of carbonyl (C=O) groups is 1. The normalized spacial score (nSPS) is 19.0. The molecular formula is C22H23FN6O. The van der Waals surface area contributed by atoms with Crippen molar-refractivity contribution in [2.45, 2.75) is 44.7 Å². The number of benzene rings is 1. The van der Waals surface area contributed by atoms with Crippen molar-refractivity contribution in [1.82, 2.24) is 19.5 Å². The summed E-state index contributed by atoms with van der Waals surface area (Å²) in [5, 5.41) is 0. The van der Waals surface area contributed by atoms with Crippen LogP contribution in [0, 0.1) is 5.82 Å². The maximum Gasteiger partial charge on any atom is 0.249 e. The van der Waals surface area contributed by atoms with Crippen LogP contribution >= 0.6 is 0 Å². The summed E-state index contributed by atoms with van der Waals surface area (Å²) in [6.07, 6.45) is 9.21. The van der Waals surface area contributed by atoms with Gasteiger partial charge in [0.2, 0.25) is 11.9 Å². The molecule has 8 heteroatoms. The van der Waals surface area contributed by atoms with E-state index < -0.39 is 0 Å². The summed E-state index contributed by atoms with van der Waals surface area (Å²) in [6.45, 7) is 2.04. The first-order chi connectivity index (χ1) is 14.6. The van der Waals surface area contributed by atoms with Crippen molar-refractivity contribution >= 4 is 17.4 Å². The minimum absolute atomic E-state index is 0.0860. The molecule has 0 saturated heterocycles. The van der Waals surface area contributed by atoms with Gasteiger partial charge in [-0.3, -0.25) is 9.36 Å². The molecule has 1 aliphatic heterocycles. The Morgan fingerprint density at radius 2 is 1.93 bits per heavy atom. The molecule has 3 aromatic rings. The van der Waals surface area contributed by atoms with Gasteiger partial charge in [-0.2, -0.15) is 4.98 Å². The fourth-order valence-corrected chi connectivity index (χ4v) is 4.25. The summed E-state index contributed by atoms with van der Waals surface area (Å²) in [7, 11) is 1.78. The highest BCUT2D eigenvalue weighted by molar-refractivity contribution is 6.04. The number of amides is 1. The number of carbonyl (C=O) groups excluding carboxylic acids is 1. The number of hydrogen-bond acceptors (Lipinski definition) is 5. The van der Waals surface area contributed by atoms with Crippen LogP contribution in [0.2, 0.25) is 0 Å². The molecule has 2 aliphatic rings. The molecule has 0 radical (unpaired) electrons. The van der Waals surface area contributed by atoms with E-state index in [1.165, 1.54) is 18.6 Å². The lowest BCUT2D eigenvalue weighted by atomic mass is 9.88. The van der Waals surface area contributed by atoms with Crippen LogP contribution in [0.5, 0.6) is 0 Å². The number of aromatic nitrogens is 4. The first-order valence-electron chi connectivity index (χ1n) is 10.3. The number of fused-ring (bicyclic) bond motifs is 1. The molecule has 0 spiro atoms. The Bertz CT molecular complexity index is 1090. The maximum atomic E-state index is 13.3. The lowest BCUT2D eigenvalue weighted by Crippen LogP contribution is -2.57. The fraction of sp³-hybridized carbons (Fsp3) is 0.364. The molecule has 1 saturated carbocycles. The largest absolute Gasteiger partial charge is 0.340 e. The zero-order chi connectivity index (χ0) is 20.8. The Morgan fingerprint density at radius 1 is 1.17 bits per heavy atom. The van der Waals surface area contributed by atoms with E-state index in [9.17, 15) is 9.18 Å². The van der Waals surface area contributed by atoms with Crippen LogP contribution in [0.25, 0.3) is 17.3 Å². The summed E-state index contributed by atoms with van der Waals surface area (Å²) in [4.78, 5) is 30.6. The van der Waals surface area contributed by atoms with Gasteiger partial charge < -0.3 is 9.80 Å². The molecule has 1 fully saturated rings. The molecule has 1 aromatic carbocycles. The number of anilines is 2. The van der Waals surface area contributed by atoms with Gasteiger partial charge in [-0.15, -0.1) is 0 Å². The third kappa shape index (κ3) is 2.86. The molecule has 1 amide bonds. The summed E-state index contributed by atoms with van der Waals surface area (Å²) in [6, 6.07) is 6.31. The third-order valence-electron chi connectivity index (χ3n) is 6.11. The van der Waals surface area contributed by atoms with Gasteiger partial charge >= 0.3 is 0 Å². The Kier molecular flexibility index (Phi) is 4.49. The number of halogens is 1. The molecule has 0 bridgehead atoms. The second-order valence-corrected chi connectivity index (χ2v) is 7.82. The molecule has 5 rings (SSSR count). The minimum atomic E-state index is -0.295. The van der Waals surface area contributed by atoms with Crippen LogP contribution in [0.3, 0.4) is 0 Å². The Balaban J connectivity index is 1.61. The molecule has 1 unspecified atom stereocenters. The summed E-state index contributed by atoms with van der Waals surface area (Å²) in [5.41, 5.74) is 1.50. The highest BCUT2D eigenvalue weighted by Gasteiger charge is 2.42. The van der Waals surface area contributed by atoms with Crippen molar-refractivity contribution in [2.24, 2.45) is 0 Å². The average molecular weight is 406 g/mol. The summed E-state index contributed by atoms with van der Waals surface area (Å²) < 4.78 is 15.1. The molecule has 3 heterocycles. The number of nitrogens with zero attached hydrogens (tertiary/aromatic N) is 6. The van der Waals surface area contributed by atoms with Gasteiger partial charge in [0.1, 0.15) is 23.4 Å². The molecule has 1 atom stereocenters. The zero-order valence-electron chi connectivity index (χ0n) is 17.0. The lowest BCUT2D eigenvalue weighted by molar-refractivity contribution is -0.120. The second-order valence-electron chi connectivity index (χ2n) is 7.82. The van der Waals surface area contributed by atoms with Gasteiger partial charge in [-0.25, -0.2) is 14.4 Å². The van der Waals surface area contributed by atoms with Gasteiger partial charge in [0.05, 0.1) is 6.20 Å². The lowest BCUT2D eigenvalue weighted by Gasteiger charge is -2.47. The molecular weight excluding hydrogens is 383 g/mol. The highest BCUT2D eigenvalue weighted by Crippen LogP contribution is 2.40. The zero-order valence-corrected chi connectivity index (χ0v) is 17.0. The smallest absolute Gasteiger partial charge is 0.249 e. The maximum absolute atomic E-state index is 13.3. The standard InChI is InChI=1S/C22H23FN6O/c1-3-17-21(30)27(2)18-13-25-22(26-20(18)29(17)16-5-4-6-16)28-12-11-24-19(28)14-7-9-15(23)10-8-14/h7-13,16-17H,3-6H2,1-2H3. The van der Waals surface area contributed by atoms with Crippen molar-refractivity contribution in [3.63, 3.8) is 0 Å². The molecule has 154 valence electrons. The summed E-state index contributed by atoms with van der Waals surface area (Å²) >= 11 is 0. The van der Waals surface area contributed by atoms with Gasteiger partial charge in [0, 0.05) is 31.0 Å². The minimum Gasteiger partial charge on any atom is -0.340 e. The van der Waals surface area contributed by atoms with E-state index in [2.05, 4.69) is 14.9 Å². The third-order valence-corrected chi connectivity index (χ3v) is 6.11. The fourth-order valence-electron chi connectivity index (χ4n) is 4.25. The van der Waals surface area contributed by atoms with E-state index in [1.807, 2.05) is 6.92 Å². The molecule has 0 N–H and O–H groups in total. The van der Waals surface area contributed by atoms with E-state index in [0.29, 0.717) is 17.8 Å². The highest BCUT2D eigenvalue weighted by atomic mass is 19.1. The van der Waals surface area contributed by atoms with Crippen LogP contribution in [-0.2, 0) is 4.79 Å². The molecule has 7 nitrogen and oxygen atoms in total. The van der Waals surface area contributed by atoms with Crippen molar-refractivity contribution in [3.8, 4) is 17.3 Å². The molecule has 30 heavy (non-hydrogen) atoms. The average Bonchev–Trinajstić information content (AvgIpc) is 3.21. The van der Waals surface area contributed by atoms with Crippen LogP contribution in [0.4, 0.5) is 15.9 Å². The first-order valence-corrected chi connectivity index (χ1v) is 10.3. The quantitative estimate of drug-likeness (QED) is 0.663. The number of likely N-dealkylation sites (N-methyl/N-ethyl adjacent to an activating group) is 1. The Hall–Kier alpha value is -3.29. The molecule has 1 aliphatic carbocycles. The Labute approximate surface area is 174 Å². The van der Waals surface area contributed by atoms with Crippen LogP contribution in [0.15, 0.2) is 42.9 Å². The van der Waals surface area contributed by atoms with Crippen molar-refractivity contribution in [3.05, 3.63) is 48.7 Å². The topological polar surface area (TPSA) is 67.2 Å². The van der Waals surface area contributed by atoms with Crippen LogP contribution in [-0.4, -0.2) is 44.6 Å². The van der Waals surface area contributed by atoms with Gasteiger partial charge in [-0.1, -0.05) is 6.92 Å². The van der Waals surface area contributed by atoms with E-state index in [1.54, 1.807) is 47.2 Å². The van der Waals surface area contributed by atoms with E-state index in [0.717, 1.165) is 36.3 Å². The van der Waals surface area contributed by atoms with Crippen molar-refractivity contribution in [1.29, 1.82) is 0 Å². The SMILES string of the molecule is CCC1C(=O)N(C)c2cnc(-n3ccnc3-c3ccc(F)cc3)nc2N1C1CCC1. The van der Waals surface area contributed by atoms with Crippen LogP contribution < -0.4 is 9.80 Å². The number of hydrogen-bond donors (Lipinski definition) is 0. The predicted molar refractivity (Wildman–Crippen MR) is 112 cm³/mol. The second kappa shape index (κ2) is 7.19. The first kappa shape index (κ1) is 18.7. The van der Waals surface area contributed by atoms with Gasteiger partial charge in [-0.05, 0) is 49.9 Å². The van der Waals surface area contributed by atoms with Crippen molar-refractivity contribution < 1.29 is 9.18 Å². The number of rotatable bonds is 4. The van der Waals surface area contributed by atoms with Crippen LogP contribution in [0.1, 0.15) is 32.6 Å². The van der Waals surface area contributed by atoms with E-state index >= 15 is 0 Å². The summed E-state index contributed by atoms with van der Waals surface area (Å²) in [5.74, 6) is 1.70. The monoisotopic (exact) mass is 406 g/mol. The predicted octanol–water partition coefficient (Wildman–Crippen LogP) is 3.58. The van der Waals surface area contributed by atoms with Crippen molar-refractivity contribution in [2.75, 3.05) is 16.8 Å². The Morgan fingerprint density at radius 3 is 2.60 bits per heavy atom. The molecule has 2 aromatic heterocycles. The van der Waals surface area contributed by atoms with E-state index in [4.69, 9.17) is 4.98 Å². The van der Waals surface area contributed by atoms with E-state index in [-0.39, 0.29) is 17.8 Å². The number of imidazole rings is 1. The van der Waals surface area contributed by atoms with Gasteiger partial charge in [0.15, 0.2) is 5.82 Å².